The van der Waals surface area contributed by atoms with Gasteiger partial charge in [-0.3, -0.25) is 25.0 Å². The molecule has 1 saturated heterocycles. The number of amidine groups is 1. The molecule has 1 aliphatic rings. The summed E-state index contributed by atoms with van der Waals surface area (Å²) in [4.78, 5) is 23.1. The molecule has 0 aromatic carbocycles. The molecule has 1 unspecified atom stereocenters. The van der Waals surface area contributed by atoms with E-state index >= 15 is 0 Å². The Bertz CT molecular complexity index is 476. The maximum absolute atomic E-state index is 11.1. The van der Waals surface area contributed by atoms with E-state index in [-0.39, 0.29) is 4.92 Å². The van der Waals surface area contributed by atoms with E-state index in [1.165, 1.54) is 0 Å². The molecule has 0 bridgehead atoms. The van der Waals surface area contributed by atoms with Crippen LogP contribution in [0.3, 0.4) is 0 Å². The largest absolute Gasteiger partial charge is 0.345 e. The molecule has 2 rings (SSSR count). The highest BCUT2D eigenvalue weighted by molar-refractivity contribution is 5.87. The van der Waals surface area contributed by atoms with E-state index in [1.54, 1.807) is 6.20 Å². The first-order chi connectivity index (χ1) is 9.08. The molecule has 2 heterocycles. The van der Waals surface area contributed by atoms with Gasteiger partial charge in [0.1, 0.15) is 0 Å². The minimum absolute atomic E-state index is 0.274. The molecule has 1 aromatic heterocycles. The van der Waals surface area contributed by atoms with Crippen molar-refractivity contribution in [1.29, 1.82) is 0 Å². The molecule has 0 N–H and O–H groups in total. The van der Waals surface area contributed by atoms with E-state index in [9.17, 15) is 10.1 Å². The molecule has 1 aromatic rings. The third kappa shape index (κ3) is 3.25. The van der Waals surface area contributed by atoms with Gasteiger partial charge in [0.2, 0.25) is 0 Å². The van der Waals surface area contributed by atoms with Crippen molar-refractivity contribution in [1.82, 2.24) is 14.8 Å². The third-order valence-electron chi connectivity index (χ3n) is 3.01. The second-order valence-electron chi connectivity index (χ2n) is 4.67. The van der Waals surface area contributed by atoms with Crippen molar-refractivity contribution in [3.63, 3.8) is 0 Å². The zero-order valence-electron chi connectivity index (χ0n) is 11.1. The SMILES string of the molecule is CN1CC([N+](=O)[O-])C(=NCc2ccccn2)N(C)C1. The Hall–Kier alpha value is -2.02. The zero-order chi connectivity index (χ0) is 13.8. The van der Waals surface area contributed by atoms with Gasteiger partial charge in [-0.05, 0) is 19.2 Å². The minimum Gasteiger partial charge on any atom is -0.345 e. The Balaban J connectivity index is 2.17. The predicted molar refractivity (Wildman–Crippen MR) is 71.4 cm³/mol. The molecule has 0 saturated carbocycles. The highest BCUT2D eigenvalue weighted by Gasteiger charge is 2.35. The van der Waals surface area contributed by atoms with Gasteiger partial charge in [-0.25, -0.2) is 0 Å². The number of rotatable bonds is 3. The van der Waals surface area contributed by atoms with Crippen LogP contribution in [0.4, 0.5) is 0 Å². The number of hydrogen-bond donors (Lipinski definition) is 0. The number of likely N-dealkylation sites (N-methyl/N-ethyl adjacent to an activating group) is 2. The van der Waals surface area contributed by atoms with Gasteiger partial charge in [0.15, 0.2) is 5.84 Å². The number of hydrogen-bond acceptors (Lipinski definition) is 5. The molecule has 7 nitrogen and oxygen atoms in total. The second kappa shape index (κ2) is 5.75. The van der Waals surface area contributed by atoms with E-state index in [4.69, 9.17) is 0 Å². The van der Waals surface area contributed by atoms with Crippen molar-refractivity contribution < 1.29 is 4.92 Å². The van der Waals surface area contributed by atoms with Gasteiger partial charge < -0.3 is 4.90 Å². The quantitative estimate of drug-likeness (QED) is 0.585. The summed E-state index contributed by atoms with van der Waals surface area (Å²) in [6, 6.07) is 4.80. The van der Waals surface area contributed by atoms with E-state index in [0.717, 1.165) is 5.69 Å². The number of aliphatic imine (C=N–C) groups is 1. The van der Waals surface area contributed by atoms with Gasteiger partial charge in [0, 0.05) is 18.2 Å². The average Bonchev–Trinajstić information content (AvgIpc) is 2.38. The van der Waals surface area contributed by atoms with Gasteiger partial charge in [-0.1, -0.05) is 6.07 Å². The van der Waals surface area contributed by atoms with Crippen molar-refractivity contribution in [2.75, 3.05) is 27.3 Å². The van der Waals surface area contributed by atoms with Crippen LogP contribution in [0.5, 0.6) is 0 Å². The van der Waals surface area contributed by atoms with Crippen LogP contribution in [-0.4, -0.2) is 58.9 Å². The van der Waals surface area contributed by atoms with Crippen LogP contribution in [0.1, 0.15) is 5.69 Å². The van der Waals surface area contributed by atoms with Crippen molar-refractivity contribution in [2.45, 2.75) is 12.6 Å². The normalized spacial score (nSPS) is 22.7. The predicted octanol–water partition coefficient (Wildman–Crippen LogP) is 0.460. The first kappa shape index (κ1) is 13.4. The maximum atomic E-state index is 11.1. The van der Waals surface area contributed by atoms with Gasteiger partial charge >= 0.3 is 0 Å². The summed E-state index contributed by atoms with van der Waals surface area (Å²) in [5, 5.41) is 11.1. The molecule has 7 heteroatoms. The fraction of sp³-hybridized carbons (Fsp3) is 0.500. The maximum Gasteiger partial charge on any atom is 0.281 e. The molecule has 1 atom stereocenters. The first-order valence-corrected chi connectivity index (χ1v) is 6.05. The van der Waals surface area contributed by atoms with Gasteiger partial charge in [-0.2, -0.15) is 0 Å². The van der Waals surface area contributed by atoms with Crippen molar-refractivity contribution in [3.05, 3.63) is 40.2 Å². The van der Waals surface area contributed by atoms with Crippen LogP contribution in [0.2, 0.25) is 0 Å². The molecule has 102 valence electrons. The number of nitro groups is 1. The zero-order valence-corrected chi connectivity index (χ0v) is 11.1. The van der Waals surface area contributed by atoms with Crippen LogP contribution in [0.15, 0.2) is 29.4 Å². The fourth-order valence-electron chi connectivity index (χ4n) is 2.16. The molecule has 0 spiro atoms. The summed E-state index contributed by atoms with van der Waals surface area (Å²) in [6.45, 7) is 1.40. The van der Waals surface area contributed by atoms with Crippen LogP contribution < -0.4 is 0 Å². The average molecular weight is 263 g/mol. The summed E-state index contributed by atoms with van der Waals surface area (Å²) in [6.07, 6.45) is 1.69. The Morgan fingerprint density at radius 1 is 1.53 bits per heavy atom. The van der Waals surface area contributed by atoms with E-state index in [1.807, 2.05) is 42.1 Å². The number of aromatic nitrogens is 1. The van der Waals surface area contributed by atoms with Crippen LogP contribution in [0.25, 0.3) is 0 Å². The molecular weight excluding hydrogens is 246 g/mol. The van der Waals surface area contributed by atoms with Crippen LogP contribution in [0, 0.1) is 10.1 Å². The first-order valence-electron chi connectivity index (χ1n) is 6.05. The lowest BCUT2D eigenvalue weighted by Crippen LogP contribution is -2.55. The highest BCUT2D eigenvalue weighted by Crippen LogP contribution is 2.10. The Morgan fingerprint density at radius 2 is 2.32 bits per heavy atom. The summed E-state index contributed by atoms with van der Waals surface area (Å²) < 4.78 is 0. The van der Waals surface area contributed by atoms with E-state index in [2.05, 4.69) is 9.98 Å². The van der Waals surface area contributed by atoms with Crippen LogP contribution in [-0.2, 0) is 6.54 Å². The Morgan fingerprint density at radius 3 is 2.95 bits per heavy atom. The minimum atomic E-state index is -0.771. The van der Waals surface area contributed by atoms with Crippen LogP contribution >= 0.6 is 0 Å². The second-order valence-corrected chi connectivity index (χ2v) is 4.67. The summed E-state index contributed by atoms with van der Waals surface area (Å²) in [5.74, 6) is 0.522. The lowest BCUT2D eigenvalue weighted by molar-refractivity contribution is -0.506. The summed E-state index contributed by atoms with van der Waals surface area (Å²) in [5.41, 5.74) is 0.810. The van der Waals surface area contributed by atoms with E-state index < -0.39 is 6.04 Å². The molecule has 1 fully saturated rings. The smallest absolute Gasteiger partial charge is 0.281 e. The van der Waals surface area contributed by atoms with Gasteiger partial charge in [0.05, 0.1) is 25.5 Å². The number of pyridine rings is 1. The molecule has 0 amide bonds. The molecule has 0 radical (unpaired) electrons. The highest BCUT2D eigenvalue weighted by atomic mass is 16.6. The van der Waals surface area contributed by atoms with Crippen molar-refractivity contribution in [2.24, 2.45) is 4.99 Å². The monoisotopic (exact) mass is 263 g/mol. The van der Waals surface area contributed by atoms with Crippen molar-refractivity contribution >= 4 is 5.84 Å². The lowest BCUT2D eigenvalue weighted by Gasteiger charge is -2.34. The Labute approximate surface area is 111 Å². The van der Waals surface area contributed by atoms with Crippen molar-refractivity contribution in [3.8, 4) is 0 Å². The molecular formula is C12H17N5O2. The standard InChI is InChI=1S/C12H17N5O2/c1-15-8-11(17(18)19)12(16(2)9-15)14-7-10-5-3-4-6-13-10/h3-6,11H,7-9H2,1-2H3. The topological polar surface area (TPSA) is 74.9 Å². The molecule has 19 heavy (non-hydrogen) atoms. The molecule has 0 aliphatic carbocycles. The third-order valence-corrected chi connectivity index (χ3v) is 3.01. The fourth-order valence-corrected chi connectivity index (χ4v) is 2.16. The molecule has 1 aliphatic heterocycles. The Kier molecular flexibility index (Phi) is 4.06. The van der Waals surface area contributed by atoms with Gasteiger partial charge in [-0.15, -0.1) is 0 Å². The summed E-state index contributed by atoms with van der Waals surface area (Å²) in [7, 11) is 3.69. The lowest BCUT2D eigenvalue weighted by atomic mass is 10.2. The van der Waals surface area contributed by atoms with Gasteiger partial charge in [0.25, 0.3) is 6.04 Å². The number of nitrogens with zero attached hydrogens (tertiary/aromatic N) is 5. The summed E-state index contributed by atoms with van der Waals surface area (Å²) >= 11 is 0. The van der Waals surface area contributed by atoms with E-state index in [0.29, 0.717) is 25.6 Å².